The van der Waals surface area contributed by atoms with Crippen molar-refractivity contribution in [3.05, 3.63) is 58.4 Å². The highest BCUT2D eigenvalue weighted by Gasteiger charge is 2.25. The minimum atomic E-state index is 0.00839. The molecule has 1 N–H and O–H groups in total. The normalized spacial score (nSPS) is 15.0. The number of likely N-dealkylation sites (tertiary alicyclic amines) is 1. The summed E-state index contributed by atoms with van der Waals surface area (Å²) >= 11 is 6.32. The average Bonchev–Trinajstić information content (AvgIpc) is 2.71. The number of halogens is 1. The molecule has 1 aliphatic heterocycles. The number of benzene rings is 1. The summed E-state index contributed by atoms with van der Waals surface area (Å²) < 4.78 is 0. The number of carbonyl (C=O) groups excluding carboxylic acids is 1. The lowest BCUT2D eigenvalue weighted by atomic mass is 9.98. The molecule has 0 aliphatic carbocycles. The number of anilines is 2. The molecule has 0 saturated carbocycles. The molecule has 5 nitrogen and oxygen atoms in total. The summed E-state index contributed by atoms with van der Waals surface area (Å²) in [4.78, 5) is 24.3. The van der Waals surface area contributed by atoms with E-state index in [2.05, 4.69) is 22.2 Å². The first-order chi connectivity index (χ1) is 13.9. The number of nitrogens with zero attached hydrogens (tertiary/aromatic N) is 3. The number of aryl methyl sites for hydroxylation is 1. The van der Waals surface area contributed by atoms with E-state index in [0.717, 1.165) is 53.9 Å². The van der Waals surface area contributed by atoms with Crippen LogP contribution in [0.25, 0.3) is 11.0 Å². The molecular formula is C23H25ClN4O. The summed E-state index contributed by atoms with van der Waals surface area (Å²) in [7, 11) is 0. The molecule has 4 rings (SSSR count). The number of rotatable bonds is 3. The van der Waals surface area contributed by atoms with Crippen molar-refractivity contribution in [3.8, 4) is 0 Å². The average molecular weight is 409 g/mol. The lowest BCUT2D eigenvalue weighted by Crippen LogP contribution is -2.38. The van der Waals surface area contributed by atoms with Crippen molar-refractivity contribution in [3.63, 3.8) is 0 Å². The van der Waals surface area contributed by atoms with Gasteiger partial charge in [0.2, 0.25) is 0 Å². The van der Waals surface area contributed by atoms with Crippen LogP contribution >= 0.6 is 11.6 Å². The van der Waals surface area contributed by atoms with Crippen LogP contribution in [-0.2, 0) is 0 Å². The van der Waals surface area contributed by atoms with Gasteiger partial charge in [-0.05, 0) is 62.4 Å². The van der Waals surface area contributed by atoms with Gasteiger partial charge in [-0.25, -0.2) is 9.97 Å². The number of fused-ring (bicyclic) bond motifs is 1. The van der Waals surface area contributed by atoms with Crippen LogP contribution in [0.3, 0.4) is 0 Å². The Labute approximate surface area is 176 Å². The summed E-state index contributed by atoms with van der Waals surface area (Å²) in [5.74, 6) is 0.668. The van der Waals surface area contributed by atoms with Crippen LogP contribution < -0.4 is 5.32 Å². The van der Waals surface area contributed by atoms with Gasteiger partial charge in [0.05, 0.1) is 11.3 Å². The molecule has 0 atom stereocenters. The summed E-state index contributed by atoms with van der Waals surface area (Å²) in [6.07, 6.45) is 3.71. The van der Waals surface area contributed by atoms with Gasteiger partial charge in [0.25, 0.3) is 5.91 Å². The van der Waals surface area contributed by atoms with Gasteiger partial charge < -0.3 is 10.2 Å². The minimum absolute atomic E-state index is 0.00839. The Hall–Kier alpha value is -2.66. The second-order valence-corrected chi connectivity index (χ2v) is 8.29. The van der Waals surface area contributed by atoms with Gasteiger partial charge in [-0.3, -0.25) is 4.79 Å². The Morgan fingerprint density at radius 2 is 1.93 bits per heavy atom. The van der Waals surface area contributed by atoms with Gasteiger partial charge in [-0.2, -0.15) is 0 Å². The number of piperidine rings is 1. The summed E-state index contributed by atoms with van der Waals surface area (Å²) in [5, 5.41) is 4.97. The Balaban J connectivity index is 1.81. The molecule has 6 heteroatoms. The van der Waals surface area contributed by atoms with Crippen LogP contribution in [0.4, 0.5) is 11.4 Å². The second-order valence-electron chi connectivity index (χ2n) is 7.88. The van der Waals surface area contributed by atoms with Crippen LogP contribution in [0.15, 0.2) is 36.5 Å². The number of hydrogen-bond donors (Lipinski definition) is 1. The van der Waals surface area contributed by atoms with Gasteiger partial charge in [-0.15, -0.1) is 0 Å². The van der Waals surface area contributed by atoms with Crippen molar-refractivity contribution in [1.82, 2.24) is 14.9 Å². The van der Waals surface area contributed by atoms with Gasteiger partial charge in [0, 0.05) is 41.1 Å². The Kier molecular flexibility index (Phi) is 5.41. The van der Waals surface area contributed by atoms with E-state index in [1.54, 1.807) is 6.20 Å². The number of carbonyl (C=O) groups is 1. The Morgan fingerprint density at radius 3 is 2.69 bits per heavy atom. The summed E-state index contributed by atoms with van der Waals surface area (Å²) in [5.41, 5.74) is 4.61. The van der Waals surface area contributed by atoms with Crippen molar-refractivity contribution in [1.29, 1.82) is 0 Å². The SMILES string of the molecule is Cc1ccc2c(Nc3cccc(Cl)c3C)c(C(=O)N3CCC(C)CC3)cnc2n1. The number of pyridine rings is 2. The quantitative estimate of drug-likeness (QED) is 0.620. The third-order valence-corrected chi connectivity index (χ3v) is 6.11. The number of aromatic nitrogens is 2. The predicted octanol–water partition coefficient (Wildman–Crippen LogP) is 5.52. The molecule has 1 amide bonds. The molecule has 1 aromatic carbocycles. The van der Waals surface area contributed by atoms with Crippen LogP contribution in [0.2, 0.25) is 5.02 Å². The minimum Gasteiger partial charge on any atom is -0.354 e. The molecule has 29 heavy (non-hydrogen) atoms. The number of amides is 1. The molecule has 1 saturated heterocycles. The fourth-order valence-electron chi connectivity index (χ4n) is 3.73. The third-order valence-electron chi connectivity index (χ3n) is 5.70. The molecule has 3 aromatic rings. The van der Waals surface area contributed by atoms with E-state index < -0.39 is 0 Å². The smallest absolute Gasteiger partial charge is 0.257 e. The summed E-state index contributed by atoms with van der Waals surface area (Å²) in [6, 6.07) is 9.64. The van der Waals surface area contributed by atoms with Gasteiger partial charge >= 0.3 is 0 Å². The molecule has 0 spiro atoms. The second kappa shape index (κ2) is 7.99. The molecule has 1 aliphatic rings. The molecule has 1 fully saturated rings. The van der Waals surface area contributed by atoms with E-state index >= 15 is 0 Å². The molecule has 150 valence electrons. The summed E-state index contributed by atoms with van der Waals surface area (Å²) in [6.45, 7) is 7.69. The van der Waals surface area contributed by atoms with E-state index in [4.69, 9.17) is 11.6 Å². The van der Waals surface area contributed by atoms with E-state index in [9.17, 15) is 4.79 Å². The van der Waals surface area contributed by atoms with Crippen LogP contribution in [0.5, 0.6) is 0 Å². The monoisotopic (exact) mass is 408 g/mol. The lowest BCUT2D eigenvalue weighted by molar-refractivity contribution is 0.0698. The topological polar surface area (TPSA) is 58.1 Å². The zero-order valence-electron chi connectivity index (χ0n) is 17.0. The van der Waals surface area contributed by atoms with E-state index in [1.165, 1.54) is 0 Å². The van der Waals surface area contributed by atoms with Crippen molar-refractivity contribution in [2.24, 2.45) is 5.92 Å². The van der Waals surface area contributed by atoms with Gasteiger partial charge in [0.1, 0.15) is 0 Å². The molecular weight excluding hydrogens is 384 g/mol. The molecule has 0 bridgehead atoms. The molecule has 3 heterocycles. The van der Waals surface area contributed by atoms with Crippen LogP contribution in [0, 0.1) is 19.8 Å². The predicted molar refractivity (Wildman–Crippen MR) is 118 cm³/mol. The largest absolute Gasteiger partial charge is 0.354 e. The van der Waals surface area contributed by atoms with E-state index in [-0.39, 0.29) is 5.91 Å². The number of hydrogen-bond acceptors (Lipinski definition) is 4. The maximum absolute atomic E-state index is 13.4. The van der Waals surface area contributed by atoms with E-state index in [1.807, 2.05) is 49.1 Å². The van der Waals surface area contributed by atoms with Crippen molar-refractivity contribution < 1.29 is 4.79 Å². The van der Waals surface area contributed by atoms with Crippen molar-refractivity contribution in [2.45, 2.75) is 33.6 Å². The molecule has 0 unspecified atom stereocenters. The van der Waals surface area contributed by atoms with Crippen molar-refractivity contribution in [2.75, 3.05) is 18.4 Å². The Morgan fingerprint density at radius 1 is 1.17 bits per heavy atom. The van der Waals surface area contributed by atoms with Crippen LogP contribution in [0.1, 0.15) is 41.4 Å². The van der Waals surface area contributed by atoms with Gasteiger partial charge in [-0.1, -0.05) is 24.6 Å². The highest BCUT2D eigenvalue weighted by atomic mass is 35.5. The molecule has 0 radical (unpaired) electrons. The maximum atomic E-state index is 13.4. The highest BCUT2D eigenvalue weighted by Crippen LogP contribution is 2.33. The van der Waals surface area contributed by atoms with Crippen LogP contribution in [-0.4, -0.2) is 33.9 Å². The maximum Gasteiger partial charge on any atom is 0.257 e. The number of nitrogens with one attached hydrogen (secondary N) is 1. The fraction of sp³-hybridized carbons (Fsp3) is 0.348. The lowest BCUT2D eigenvalue weighted by Gasteiger charge is -2.31. The van der Waals surface area contributed by atoms with E-state index in [0.29, 0.717) is 22.2 Å². The first kappa shape index (κ1) is 19.6. The highest BCUT2D eigenvalue weighted by molar-refractivity contribution is 6.31. The third kappa shape index (κ3) is 3.92. The zero-order valence-corrected chi connectivity index (χ0v) is 17.8. The fourth-order valence-corrected chi connectivity index (χ4v) is 3.90. The standard InChI is InChI=1S/C23H25ClN4O/c1-14-9-11-28(12-10-14)23(29)18-13-25-22-17(8-7-15(2)26-22)21(18)27-20-6-4-5-19(24)16(20)3/h4-8,13-14H,9-12H2,1-3H3,(H,25,26,27). The molecule has 2 aromatic heterocycles. The first-order valence-electron chi connectivity index (χ1n) is 10.0. The van der Waals surface area contributed by atoms with Crippen molar-refractivity contribution >= 4 is 39.9 Å². The van der Waals surface area contributed by atoms with Gasteiger partial charge in [0.15, 0.2) is 5.65 Å². The zero-order chi connectivity index (χ0) is 20.5. The first-order valence-corrected chi connectivity index (χ1v) is 10.4. The Bertz CT molecular complexity index is 1070.